The molecule has 0 aliphatic carbocycles. The number of rotatable bonds is 5. The van der Waals surface area contributed by atoms with Gasteiger partial charge in [0.1, 0.15) is 12.4 Å². The molecule has 2 atom stereocenters. The number of primary amides is 1. The Morgan fingerprint density at radius 3 is 3.00 bits per heavy atom. The molecule has 8 nitrogen and oxygen atoms in total. The van der Waals surface area contributed by atoms with Crippen molar-refractivity contribution in [3.63, 3.8) is 0 Å². The normalized spacial score (nSPS) is 21.3. The lowest BCUT2D eigenvalue weighted by Crippen LogP contribution is -2.45. The molecule has 1 aromatic rings. The summed E-state index contributed by atoms with van der Waals surface area (Å²) < 4.78 is 1.59. The predicted molar refractivity (Wildman–Crippen MR) is 60.9 cm³/mol. The van der Waals surface area contributed by atoms with Gasteiger partial charge in [-0.1, -0.05) is 6.92 Å². The Hall–Kier alpha value is -1.99. The molecule has 0 bridgehead atoms. The maximum Gasteiger partial charge on any atom is 0.240 e. The standard InChI is InChI=1S/C10H16N6O2/c1-2-8(10(11)18)16-5-7(3-9(16)17)4-15-6-12-13-14-15/h6-8H,2-5H2,1H3,(H2,11,18). The number of hydrogen-bond acceptors (Lipinski definition) is 5. The molecule has 2 heterocycles. The van der Waals surface area contributed by atoms with E-state index in [4.69, 9.17) is 5.73 Å². The fraction of sp³-hybridized carbons (Fsp3) is 0.700. The van der Waals surface area contributed by atoms with Crippen LogP contribution < -0.4 is 5.73 Å². The van der Waals surface area contributed by atoms with Gasteiger partial charge < -0.3 is 10.6 Å². The lowest BCUT2D eigenvalue weighted by molar-refractivity contribution is -0.136. The smallest absolute Gasteiger partial charge is 0.240 e. The maximum absolute atomic E-state index is 11.9. The average molecular weight is 252 g/mol. The second-order valence-corrected chi connectivity index (χ2v) is 4.47. The van der Waals surface area contributed by atoms with Crippen molar-refractivity contribution in [2.75, 3.05) is 6.54 Å². The molecule has 0 saturated carbocycles. The zero-order valence-corrected chi connectivity index (χ0v) is 10.2. The summed E-state index contributed by atoms with van der Waals surface area (Å²) in [7, 11) is 0. The van der Waals surface area contributed by atoms with Crippen LogP contribution in [-0.2, 0) is 16.1 Å². The molecular weight excluding hydrogens is 236 g/mol. The Kier molecular flexibility index (Phi) is 3.54. The number of amides is 2. The molecule has 1 saturated heterocycles. The van der Waals surface area contributed by atoms with Crippen LogP contribution in [-0.4, -0.2) is 49.5 Å². The van der Waals surface area contributed by atoms with Crippen LogP contribution in [0.25, 0.3) is 0 Å². The van der Waals surface area contributed by atoms with Gasteiger partial charge in [-0.15, -0.1) is 5.10 Å². The fourth-order valence-corrected chi connectivity index (χ4v) is 2.34. The van der Waals surface area contributed by atoms with Gasteiger partial charge in [0.05, 0.1) is 0 Å². The molecule has 2 unspecified atom stereocenters. The fourth-order valence-electron chi connectivity index (χ4n) is 2.34. The van der Waals surface area contributed by atoms with E-state index < -0.39 is 11.9 Å². The molecule has 8 heteroatoms. The van der Waals surface area contributed by atoms with Crippen molar-refractivity contribution in [3.8, 4) is 0 Å². The zero-order chi connectivity index (χ0) is 13.1. The van der Waals surface area contributed by atoms with Crippen LogP contribution in [0.5, 0.6) is 0 Å². The van der Waals surface area contributed by atoms with Crippen LogP contribution >= 0.6 is 0 Å². The molecule has 2 N–H and O–H groups in total. The van der Waals surface area contributed by atoms with Crippen molar-refractivity contribution in [1.29, 1.82) is 0 Å². The number of likely N-dealkylation sites (tertiary alicyclic amines) is 1. The summed E-state index contributed by atoms with van der Waals surface area (Å²) in [6, 6.07) is -0.503. The van der Waals surface area contributed by atoms with Gasteiger partial charge in [-0.2, -0.15) is 0 Å². The first-order valence-electron chi connectivity index (χ1n) is 5.91. The van der Waals surface area contributed by atoms with E-state index in [0.717, 1.165) is 0 Å². The van der Waals surface area contributed by atoms with Crippen LogP contribution in [0.2, 0.25) is 0 Å². The summed E-state index contributed by atoms with van der Waals surface area (Å²) in [5.41, 5.74) is 5.30. The molecule has 2 rings (SSSR count). The van der Waals surface area contributed by atoms with E-state index in [1.54, 1.807) is 9.58 Å². The topological polar surface area (TPSA) is 107 Å². The summed E-state index contributed by atoms with van der Waals surface area (Å²) in [6.07, 6.45) is 2.46. The number of tetrazole rings is 1. The van der Waals surface area contributed by atoms with Crippen LogP contribution in [0, 0.1) is 5.92 Å². The SMILES string of the molecule is CCC(C(N)=O)N1CC(Cn2cnnn2)CC1=O. The Morgan fingerprint density at radius 1 is 1.67 bits per heavy atom. The second kappa shape index (κ2) is 5.11. The largest absolute Gasteiger partial charge is 0.368 e. The molecule has 1 fully saturated rings. The highest BCUT2D eigenvalue weighted by Crippen LogP contribution is 2.22. The van der Waals surface area contributed by atoms with Gasteiger partial charge in [0.15, 0.2) is 0 Å². The average Bonchev–Trinajstić information content (AvgIpc) is 2.91. The van der Waals surface area contributed by atoms with Crippen molar-refractivity contribution in [1.82, 2.24) is 25.1 Å². The first kappa shape index (κ1) is 12.5. The van der Waals surface area contributed by atoms with Crippen LogP contribution in [0.3, 0.4) is 0 Å². The van der Waals surface area contributed by atoms with Crippen molar-refractivity contribution in [3.05, 3.63) is 6.33 Å². The van der Waals surface area contributed by atoms with Crippen molar-refractivity contribution in [2.45, 2.75) is 32.4 Å². The van der Waals surface area contributed by atoms with Gasteiger partial charge in [0, 0.05) is 25.4 Å². The molecule has 0 radical (unpaired) electrons. The third-order valence-corrected chi connectivity index (χ3v) is 3.17. The molecule has 0 aromatic carbocycles. The van der Waals surface area contributed by atoms with Gasteiger partial charge in [-0.3, -0.25) is 9.59 Å². The highest BCUT2D eigenvalue weighted by atomic mass is 16.2. The summed E-state index contributed by atoms with van der Waals surface area (Å²) in [4.78, 5) is 24.7. The molecule has 1 aromatic heterocycles. The first-order valence-corrected chi connectivity index (χ1v) is 5.91. The summed E-state index contributed by atoms with van der Waals surface area (Å²) in [5.74, 6) is -0.359. The lowest BCUT2D eigenvalue weighted by Gasteiger charge is -2.24. The Balaban J connectivity index is 2.00. The lowest BCUT2D eigenvalue weighted by atomic mass is 10.1. The minimum atomic E-state index is -0.503. The Bertz CT molecular complexity index is 432. The first-order chi connectivity index (χ1) is 8.61. The third kappa shape index (κ3) is 2.47. The molecule has 1 aliphatic rings. The van der Waals surface area contributed by atoms with E-state index in [1.165, 1.54) is 6.33 Å². The van der Waals surface area contributed by atoms with Crippen LogP contribution in [0.15, 0.2) is 6.33 Å². The van der Waals surface area contributed by atoms with Crippen molar-refractivity contribution < 1.29 is 9.59 Å². The van der Waals surface area contributed by atoms with E-state index in [1.807, 2.05) is 6.92 Å². The molecule has 1 aliphatic heterocycles. The van der Waals surface area contributed by atoms with Gasteiger partial charge in [0.25, 0.3) is 0 Å². The van der Waals surface area contributed by atoms with E-state index >= 15 is 0 Å². The number of hydrogen-bond donors (Lipinski definition) is 1. The predicted octanol–water partition coefficient (Wildman–Crippen LogP) is -1.21. The minimum Gasteiger partial charge on any atom is -0.368 e. The van der Waals surface area contributed by atoms with E-state index in [-0.39, 0.29) is 11.8 Å². The molecule has 2 amide bonds. The summed E-state index contributed by atoms with van der Waals surface area (Å²) >= 11 is 0. The van der Waals surface area contributed by atoms with E-state index in [0.29, 0.717) is 25.9 Å². The van der Waals surface area contributed by atoms with Crippen molar-refractivity contribution in [2.24, 2.45) is 11.7 Å². The highest BCUT2D eigenvalue weighted by molar-refractivity contribution is 5.87. The summed E-state index contributed by atoms with van der Waals surface area (Å²) in [6.45, 7) is 2.95. The van der Waals surface area contributed by atoms with Crippen molar-refractivity contribution >= 4 is 11.8 Å². The molecule has 18 heavy (non-hydrogen) atoms. The third-order valence-electron chi connectivity index (χ3n) is 3.17. The highest BCUT2D eigenvalue weighted by Gasteiger charge is 2.36. The Morgan fingerprint density at radius 2 is 2.44 bits per heavy atom. The van der Waals surface area contributed by atoms with E-state index in [9.17, 15) is 9.59 Å². The summed E-state index contributed by atoms with van der Waals surface area (Å²) in [5, 5.41) is 10.8. The van der Waals surface area contributed by atoms with Gasteiger partial charge in [0.2, 0.25) is 11.8 Å². The van der Waals surface area contributed by atoms with Gasteiger partial charge >= 0.3 is 0 Å². The van der Waals surface area contributed by atoms with Crippen LogP contribution in [0.1, 0.15) is 19.8 Å². The molecule has 98 valence electrons. The number of aromatic nitrogens is 4. The minimum absolute atomic E-state index is 0.0290. The number of nitrogens with zero attached hydrogens (tertiary/aromatic N) is 5. The Labute approximate surface area is 104 Å². The quantitative estimate of drug-likeness (QED) is 0.707. The van der Waals surface area contributed by atoms with Crippen LogP contribution in [0.4, 0.5) is 0 Å². The van der Waals surface area contributed by atoms with E-state index in [2.05, 4.69) is 15.5 Å². The number of nitrogens with two attached hydrogens (primary N) is 1. The monoisotopic (exact) mass is 252 g/mol. The number of carbonyl (C=O) groups is 2. The molecule has 0 spiro atoms. The van der Waals surface area contributed by atoms with Gasteiger partial charge in [-0.05, 0) is 16.8 Å². The second-order valence-electron chi connectivity index (χ2n) is 4.47. The zero-order valence-electron chi connectivity index (χ0n) is 10.2. The van der Waals surface area contributed by atoms with Gasteiger partial charge in [-0.25, -0.2) is 4.68 Å². The number of carbonyl (C=O) groups excluding carboxylic acids is 2. The maximum atomic E-state index is 11.9. The molecular formula is C10H16N6O2.